The minimum Gasteiger partial charge on any atom is -0.365 e. The molecule has 0 bridgehead atoms. The molecular weight excluding hydrogens is 542 g/mol. The normalized spacial score (nSPS) is 16.3. The first kappa shape index (κ1) is 28.4. The van der Waals surface area contributed by atoms with E-state index in [1.807, 2.05) is 64.2 Å². The highest BCUT2D eigenvalue weighted by Crippen LogP contribution is 2.30. The van der Waals surface area contributed by atoms with E-state index >= 15 is 0 Å². The number of piperazine rings is 1. The Balaban J connectivity index is 1.25. The summed E-state index contributed by atoms with van der Waals surface area (Å²) >= 11 is 6.65. The molecule has 5 rings (SSSR count). The van der Waals surface area contributed by atoms with Gasteiger partial charge in [-0.3, -0.25) is 4.79 Å². The van der Waals surface area contributed by atoms with Crippen molar-refractivity contribution < 1.29 is 9.32 Å². The van der Waals surface area contributed by atoms with Gasteiger partial charge < -0.3 is 25.4 Å². The van der Waals surface area contributed by atoms with Crippen LogP contribution < -0.4 is 20.9 Å². The number of carbonyl (C=O) groups is 1. The Kier molecular flexibility index (Phi) is 8.18. The van der Waals surface area contributed by atoms with Gasteiger partial charge in [-0.05, 0) is 37.6 Å². The lowest BCUT2D eigenvalue weighted by Gasteiger charge is -2.35. The minimum absolute atomic E-state index is 0.0852. The van der Waals surface area contributed by atoms with Crippen molar-refractivity contribution in [1.29, 1.82) is 0 Å². The topological polar surface area (TPSA) is 134 Å². The molecule has 4 aromatic rings. The van der Waals surface area contributed by atoms with Crippen LogP contribution in [0.1, 0.15) is 62.7 Å². The number of hydrogen-bond donors (Lipinski definition) is 3. The van der Waals surface area contributed by atoms with Gasteiger partial charge in [0.05, 0.1) is 23.6 Å². The van der Waals surface area contributed by atoms with Crippen LogP contribution in [0.25, 0.3) is 11.3 Å². The highest BCUT2D eigenvalue weighted by molar-refractivity contribution is 6.31. The van der Waals surface area contributed by atoms with Crippen molar-refractivity contribution in [2.45, 2.75) is 52.1 Å². The average molecular weight is 576 g/mol. The van der Waals surface area contributed by atoms with Crippen LogP contribution >= 0.6 is 11.6 Å². The van der Waals surface area contributed by atoms with Gasteiger partial charge in [0.15, 0.2) is 5.82 Å². The molecule has 1 aliphatic heterocycles. The Hall–Kier alpha value is -4.09. The van der Waals surface area contributed by atoms with E-state index in [4.69, 9.17) is 16.1 Å². The van der Waals surface area contributed by atoms with E-state index in [1.54, 1.807) is 0 Å². The monoisotopic (exact) mass is 575 g/mol. The fraction of sp³-hybridized carbons (Fsp3) is 0.379. The van der Waals surface area contributed by atoms with E-state index in [9.17, 15) is 4.79 Å². The molecule has 0 spiro atoms. The second kappa shape index (κ2) is 11.8. The third kappa shape index (κ3) is 6.63. The molecule has 0 unspecified atom stereocenters. The number of pyridine rings is 1. The predicted octanol–water partition coefficient (Wildman–Crippen LogP) is 4.91. The number of hydrogen-bond acceptors (Lipinski definition) is 10. The highest BCUT2D eigenvalue weighted by atomic mass is 35.5. The Labute approximate surface area is 244 Å². The molecule has 1 saturated heterocycles. The van der Waals surface area contributed by atoms with E-state index in [0.29, 0.717) is 34.2 Å². The number of benzene rings is 1. The van der Waals surface area contributed by atoms with E-state index in [0.717, 1.165) is 36.4 Å². The van der Waals surface area contributed by atoms with Gasteiger partial charge in [0.2, 0.25) is 0 Å². The summed E-state index contributed by atoms with van der Waals surface area (Å²) in [6, 6.07) is 11.5. The van der Waals surface area contributed by atoms with Crippen LogP contribution in [-0.2, 0) is 5.41 Å². The summed E-state index contributed by atoms with van der Waals surface area (Å²) in [5, 5.41) is 13.9. The van der Waals surface area contributed by atoms with Gasteiger partial charge in [-0.15, -0.1) is 0 Å². The van der Waals surface area contributed by atoms with Gasteiger partial charge >= 0.3 is 11.8 Å². The summed E-state index contributed by atoms with van der Waals surface area (Å²) in [5.74, 6) is 1.22. The van der Waals surface area contributed by atoms with Gasteiger partial charge in [0.1, 0.15) is 18.0 Å². The summed E-state index contributed by atoms with van der Waals surface area (Å²) < 4.78 is 5.15. The van der Waals surface area contributed by atoms with Crippen molar-refractivity contribution in [2.75, 3.05) is 29.9 Å². The Morgan fingerprint density at radius 3 is 2.66 bits per heavy atom. The number of halogens is 1. The fourth-order valence-electron chi connectivity index (χ4n) is 4.56. The zero-order chi connectivity index (χ0) is 29.1. The molecule has 3 N–H and O–H groups in total. The molecule has 12 heteroatoms. The van der Waals surface area contributed by atoms with Crippen molar-refractivity contribution in [3.63, 3.8) is 0 Å². The maximum atomic E-state index is 12.7. The quantitative estimate of drug-likeness (QED) is 0.279. The van der Waals surface area contributed by atoms with Gasteiger partial charge in [-0.1, -0.05) is 49.7 Å². The molecule has 0 aliphatic carbocycles. The minimum atomic E-state index is -0.462. The molecule has 2 atom stereocenters. The standard InChI is InChI=1S/C29H34ClN9O2/c1-17-14-31-10-11-39(17)20-7-9-24(32-15-20)36-25-13-23(33-16-34-25)19-6-8-21(22(30)12-19)18(2)35-26(40)27-37-28(38-41-27)29(3,4)5/h6-9,12-13,15-18,31H,10-11,14H2,1-5H3,(H,35,40)(H,32,33,34,36)/t17-,18+/m0/s1. The van der Waals surface area contributed by atoms with Crippen LogP contribution in [0.15, 0.2) is 53.4 Å². The summed E-state index contributed by atoms with van der Waals surface area (Å²) in [7, 11) is 0. The van der Waals surface area contributed by atoms with E-state index in [2.05, 4.69) is 58.9 Å². The number of rotatable bonds is 7. The molecule has 3 aromatic heterocycles. The number of carbonyl (C=O) groups excluding carboxylic acids is 1. The van der Waals surface area contributed by atoms with Crippen molar-refractivity contribution in [3.8, 4) is 11.3 Å². The first-order chi connectivity index (χ1) is 19.6. The SMILES string of the molecule is C[C@@H](NC(=O)c1nc(C(C)(C)C)no1)c1ccc(-c2cc(Nc3ccc(N4CCNC[C@@H]4C)cn3)ncn2)cc1Cl. The van der Waals surface area contributed by atoms with Gasteiger partial charge in [-0.25, -0.2) is 15.0 Å². The number of nitrogens with one attached hydrogen (secondary N) is 3. The van der Waals surface area contributed by atoms with E-state index in [-0.39, 0.29) is 11.3 Å². The fourth-order valence-corrected chi connectivity index (χ4v) is 4.91. The zero-order valence-corrected chi connectivity index (χ0v) is 24.5. The molecule has 41 heavy (non-hydrogen) atoms. The van der Waals surface area contributed by atoms with Gasteiger partial charge in [0.25, 0.3) is 0 Å². The molecule has 1 aliphatic rings. The first-order valence-corrected chi connectivity index (χ1v) is 13.9. The lowest BCUT2D eigenvalue weighted by atomic mass is 9.96. The molecule has 214 valence electrons. The molecule has 0 saturated carbocycles. The molecule has 0 radical (unpaired) electrons. The third-order valence-electron chi connectivity index (χ3n) is 6.91. The van der Waals surface area contributed by atoms with Crippen LogP contribution in [-0.4, -0.2) is 56.7 Å². The second-order valence-corrected chi connectivity index (χ2v) is 11.6. The maximum Gasteiger partial charge on any atom is 0.315 e. The van der Waals surface area contributed by atoms with Crippen LogP contribution in [0, 0.1) is 0 Å². The molecule has 1 fully saturated rings. The first-order valence-electron chi connectivity index (χ1n) is 13.6. The molecule has 11 nitrogen and oxygen atoms in total. The molecule has 1 aromatic carbocycles. The van der Waals surface area contributed by atoms with Crippen molar-refractivity contribution in [1.82, 2.24) is 35.7 Å². The Morgan fingerprint density at radius 1 is 1.15 bits per heavy atom. The average Bonchev–Trinajstić information content (AvgIpc) is 3.46. The molecule has 4 heterocycles. The van der Waals surface area contributed by atoms with Crippen LogP contribution in [0.4, 0.5) is 17.3 Å². The summed E-state index contributed by atoms with van der Waals surface area (Å²) in [5.41, 5.74) is 3.02. The summed E-state index contributed by atoms with van der Waals surface area (Å²) in [6.07, 6.45) is 3.38. The Morgan fingerprint density at radius 2 is 1.98 bits per heavy atom. The molecular formula is C29H34ClN9O2. The zero-order valence-electron chi connectivity index (χ0n) is 23.8. The molecule has 1 amide bonds. The van der Waals surface area contributed by atoms with Crippen LogP contribution in [0.5, 0.6) is 0 Å². The second-order valence-electron chi connectivity index (χ2n) is 11.2. The smallest absolute Gasteiger partial charge is 0.315 e. The van der Waals surface area contributed by atoms with Gasteiger partial charge in [0, 0.05) is 47.7 Å². The van der Waals surface area contributed by atoms with E-state index in [1.165, 1.54) is 6.33 Å². The van der Waals surface area contributed by atoms with Crippen molar-refractivity contribution in [2.24, 2.45) is 0 Å². The number of anilines is 3. The largest absolute Gasteiger partial charge is 0.365 e. The summed E-state index contributed by atoms with van der Waals surface area (Å²) in [6.45, 7) is 12.8. The predicted molar refractivity (Wildman–Crippen MR) is 159 cm³/mol. The highest BCUT2D eigenvalue weighted by Gasteiger charge is 2.25. The number of amides is 1. The maximum absolute atomic E-state index is 12.7. The lowest BCUT2D eigenvalue weighted by Crippen LogP contribution is -2.49. The Bertz CT molecular complexity index is 1520. The van der Waals surface area contributed by atoms with E-state index < -0.39 is 11.9 Å². The summed E-state index contributed by atoms with van der Waals surface area (Å²) in [4.78, 5) is 32.6. The van der Waals surface area contributed by atoms with Crippen LogP contribution in [0.2, 0.25) is 5.02 Å². The third-order valence-corrected chi connectivity index (χ3v) is 7.23. The van der Waals surface area contributed by atoms with Gasteiger partial charge in [-0.2, -0.15) is 4.98 Å². The van der Waals surface area contributed by atoms with Crippen molar-refractivity contribution in [3.05, 3.63) is 71.2 Å². The number of nitrogens with zero attached hydrogens (tertiary/aromatic N) is 6. The number of aromatic nitrogens is 5. The van der Waals surface area contributed by atoms with Crippen LogP contribution in [0.3, 0.4) is 0 Å². The lowest BCUT2D eigenvalue weighted by molar-refractivity contribution is 0.0895. The van der Waals surface area contributed by atoms with Crippen molar-refractivity contribution >= 4 is 34.8 Å².